The van der Waals surface area contributed by atoms with Gasteiger partial charge in [0.05, 0.1) is 0 Å². The Bertz CT molecular complexity index is 462. The molecule has 0 saturated heterocycles. The highest BCUT2D eigenvalue weighted by molar-refractivity contribution is 5.83. The van der Waals surface area contributed by atoms with Crippen LogP contribution in [-0.2, 0) is 4.79 Å². The number of carbonyl (C=O) groups excluding carboxylic acids is 1. The molecule has 0 atom stereocenters. The summed E-state index contributed by atoms with van der Waals surface area (Å²) in [5.41, 5.74) is 0.430. The zero-order valence-corrected chi connectivity index (χ0v) is 8.34. The minimum absolute atomic E-state index is 0.0199. The van der Waals surface area contributed by atoms with Crippen molar-refractivity contribution in [2.24, 2.45) is 5.92 Å². The van der Waals surface area contributed by atoms with Crippen molar-refractivity contribution < 1.29 is 18.0 Å². The third-order valence-corrected chi connectivity index (χ3v) is 2.61. The molecule has 16 heavy (non-hydrogen) atoms. The lowest BCUT2D eigenvalue weighted by Crippen LogP contribution is -1.98. The molecule has 1 nitrogen and oxygen atoms in total. The molecule has 0 aliphatic heterocycles. The van der Waals surface area contributed by atoms with Gasteiger partial charge in [0.15, 0.2) is 17.5 Å². The normalized spacial score (nSPS) is 16.3. The van der Waals surface area contributed by atoms with Gasteiger partial charge in [-0.1, -0.05) is 0 Å². The Morgan fingerprint density at radius 2 is 1.88 bits per heavy atom. The maximum absolute atomic E-state index is 13.5. The summed E-state index contributed by atoms with van der Waals surface area (Å²) in [6, 6.07) is 2.04. The molecule has 0 unspecified atom stereocenters. The van der Waals surface area contributed by atoms with Crippen molar-refractivity contribution in [3.8, 4) is 0 Å². The van der Waals surface area contributed by atoms with E-state index >= 15 is 0 Å². The Kier molecular flexibility index (Phi) is 2.81. The van der Waals surface area contributed by atoms with Gasteiger partial charge in [-0.05, 0) is 42.5 Å². The summed E-state index contributed by atoms with van der Waals surface area (Å²) in [5.74, 6) is -3.85. The molecular formula is C12H9F3O. The predicted octanol–water partition coefficient (Wildman–Crippen LogP) is 3.10. The molecule has 0 aromatic heterocycles. The van der Waals surface area contributed by atoms with Crippen LogP contribution in [0.5, 0.6) is 0 Å². The zero-order chi connectivity index (χ0) is 11.7. The molecule has 0 N–H and O–H groups in total. The van der Waals surface area contributed by atoms with Gasteiger partial charge in [0.1, 0.15) is 6.29 Å². The van der Waals surface area contributed by atoms with Crippen molar-refractivity contribution in [2.45, 2.75) is 12.8 Å². The number of hydrogen-bond acceptors (Lipinski definition) is 1. The van der Waals surface area contributed by atoms with Crippen molar-refractivity contribution in [2.75, 3.05) is 0 Å². The molecule has 2 rings (SSSR count). The van der Waals surface area contributed by atoms with Crippen LogP contribution in [0, 0.1) is 23.4 Å². The minimum Gasteiger partial charge on any atom is -0.299 e. The fraction of sp³-hybridized carbons (Fsp3) is 0.250. The standard InChI is InChI=1S/C12H9F3O/c13-10-4-3-9(11(14)12(10)15)8(5-6-16)7-1-2-7/h3-7H,1-2H2/b8-5+. The number of allylic oxidation sites excluding steroid dienone is 2. The molecule has 84 valence electrons. The number of aldehydes is 1. The number of benzene rings is 1. The van der Waals surface area contributed by atoms with Gasteiger partial charge in [0.2, 0.25) is 0 Å². The van der Waals surface area contributed by atoms with Gasteiger partial charge in [0, 0.05) is 5.56 Å². The first kappa shape index (κ1) is 10.9. The van der Waals surface area contributed by atoms with Gasteiger partial charge in [-0.25, -0.2) is 13.2 Å². The van der Waals surface area contributed by atoms with E-state index < -0.39 is 17.5 Å². The van der Waals surface area contributed by atoms with Gasteiger partial charge in [-0.15, -0.1) is 0 Å². The van der Waals surface area contributed by atoms with Crippen molar-refractivity contribution in [3.05, 3.63) is 41.2 Å². The molecule has 0 amide bonds. The maximum Gasteiger partial charge on any atom is 0.195 e. The Morgan fingerprint density at radius 3 is 2.44 bits per heavy atom. The second kappa shape index (κ2) is 4.12. The molecule has 1 aromatic carbocycles. The van der Waals surface area contributed by atoms with Gasteiger partial charge in [0.25, 0.3) is 0 Å². The van der Waals surface area contributed by atoms with Gasteiger partial charge in [-0.3, -0.25) is 4.79 Å². The van der Waals surface area contributed by atoms with E-state index in [1.807, 2.05) is 0 Å². The van der Waals surface area contributed by atoms with Crippen molar-refractivity contribution in [3.63, 3.8) is 0 Å². The minimum atomic E-state index is -1.49. The second-order valence-corrected chi connectivity index (χ2v) is 3.76. The van der Waals surface area contributed by atoms with Crippen LogP contribution in [-0.4, -0.2) is 6.29 Å². The van der Waals surface area contributed by atoms with E-state index in [2.05, 4.69) is 0 Å². The molecule has 0 spiro atoms. The fourth-order valence-corrected chi connectivity index (χ4v) is 1.66. The summed E-state index contributed by atoms with van der Waals surface area (Å²) in [4.78, 5) is 10.4. The first-order valence-electron chi connectivity index (χ1n) is 4.94. The average Bonchev–Trinajstić information content (AvgIpc) is 3.08. The fourth-order valence-electron chi connectivity index (χ4n) is 1.66. The van der Waals surface area contributed by atoms with Crippen LogP contribution in [0.3, 0.4) is 0 Å². The number of rotatable bonds is 3. The summed E-state index contributed by atoms with van der Waals surface area (Å²) < 4.78 is 39.2. The largest absolute Gasteiger partial charge is 0.299 e. The summed E-state index contributed by atoms with van der Waals surface area (Å²) >= 11 is 0. The summed E-state index contributed by atoms with van der Waals surface area (Å²) in [6.07, 6.45) is 3.44. The molecule has 1 aromatic rings. The van der Waals surface area contributed by atoms with Crippen molar-refractivity contribution in [1.82, 2.24) is 0 Å². The van der Waals surface area contributed by atoms with Crippen LogP contribution in [0.4, 0.5) is 13.2 Å². The van der Waals surface area contributed by atoms with Crippen LogP contribution in [0.1, 0.15) is 18.4 Å². The maximum atomic E-state index is 13.5. The van der Waals surface area contributed by atoms with E-state index in [0.717, 1.165) is 18.9 Å². The van der Waals surface area contributed by atoms with Crippen LogP contribution in [0.15, 0.2) is 18.2 Å². The van der Waals surface area contributed by atoms with Crippen molar-refractivity contribution in [1.29, 1.82) is 0 Å². The van der Waals surface area contributed by atoms with Crippen LogP contribution >= 0.6 is 0 Å². The first-order chi connectivity index (χ1) is 7.65. The summed E-state index contributed by atoms with van der Waals surface area (Å²) in [7, 11) is 0. The SMILES string of the molecule is O=C/C=C(/c1ccc(F)c(F)c1F)C1CC1. The molecular weight excluding hydrogens is 217 g/mol. The third kappa shape index (κ3) is 1.87. The highest BCUT2D eigenvalue weighted by Crippen LogP contribution is 2.42. The molecule has 0 radical (unpaired) electrons. The molecule has 4 heteroatoms. The van der Waals surface area contributed by atoms with Gasteiger partial charge < -0.3 is 0 Å². The lowest BCUT2D eigenvalue weighted by atomic mass is 10.0. The van der Waals surface area contributed by atoms with Crippen LogP contribution < -0.4 is 0 Å². The highest BCUT2D eigenvalue weighted by Gasteiger charge is 2.29. The van der Waals surface area contributed by atoms with Crippen LogP contribution in [0.2, 0.25) is 0 Å². The van der Waals surface area contributed by atoms with Crippen LogP contribution in [0.25, 0.3) is 5.57 Å². The monoisotopic (exact) mass is 226 g/mol. The summed E-state index contributed by atoms with van der Waals surface area (Å²) in [6.45, 7) is 0. The average molecular weight is 226 g/mol. The highest BCUT2D eigenvalue weighted by atomic mass is 19.2. The second-order valence-electron chi connectivity index (χ2n) is 3.76. The lowest BCUT2D eigenvalue weighted by molar-refractivity contribution is -0.104. The van der Waals surface area contributed by atoms with Gasteiger partial charge in [-0.2, -0.15) is 0 Å². The Hall–Kier alpha value is -1.58. The lowest BCUT2D eigenvalue weighted by Gasteiger charge is -2.07. The molecule has 1 fully saturated rings. The van der Waals surface area contributed by atoms with E-state index in [1.54, 1.807) is 0 Å². The van der Waals surface area contributed by atoms with Crippen molar-refractivity contribution >= 4 is 11.9 Å². The topological polar surface area (TPSA) is 17.1 Å². The van der Waals surface area contributed by atoms with E-state index in [9.17, 15) is 18.0 Å². The molecule has 1 aliphatic carbocycles. The number of halogens is 3. The number of carbonyl (C=O) groups is 1. The molecule has 1 aliphatic rings. The Morgan fingerprint density at radius 1 is 1.19 bits per heavy atom. The Labute approximate surface area is 90.6 Å². The smallest absolute Gasteiger partial charge is 0.195 e. The molecule has 0 heterocycles. The first-order valence-corrected chi connectivity index (χ1v) is 4.94. The van der Waals surface area contributed by atoms with E-state index in [-0.39, 0.29) is 11.5 Å². The predicted molar refractivity (Wildman–Crippen MR) is 53.1 cm³/mol. The van der Waals surface area contributed by atoms with Gasteiger partial charge >= 0.3 is 0 Å². The Balaban J connectivity index is 2.50. The summed E-state index contributed by atoms with van der Waals surface area (Å²) in [5, 5.41) is 0. The van der Waals surface area contributed by atoms with E-state index in [1.165, 1.54) is 12.1 Å². The molecule has 1 saturated carbocycles. The number of hydrogen-bond donors (Lipinski definition) is 0. The zero-order valence-electron chi connectivity index (χ0n) is 8.34. The van der Waals surface area contributed by atoms with E-state index in [4.69, 9.17) is 0 Å². The van der Waals surface area contributed by atoms with E-state index in [0.29, 0.717) is 11.9 Å². The molecule has 0 bridgehead atoms. The quantitative estimate of drug-likeness (QED) is 0.439. The third-order valence-electron chi connectivity index (χ3n) is 2.61.